The second kappa shape index (κ2) is 5.47. The van der Waals surface area contributed by atoms with Crippen molar-refractivity contribution in [2.75, 3.05) is 12.3 Å². The molecule has 138 valence electrons. The van der Waals surface area contributed by atoms with E-state index in [2.05, 4.69) is 48.8 Å². The van der Waals surface area contributed by atoms with E-state index in [0.717, 1.165) is 0 Å². The van der Waals surface area contributed by atoms with Gasteiger partial charge in [-0.3, -0.25) is 0 Å². The molecule has 0 amide bonds. The van der Waals surface area contributed by atoms with Gasteiger partial charge in [0.25, 0.3) is 0 Å². The standard InChI is InChI=1S/C17H28FN5OSi/c1-15(2,3)25(5,6)24-9-16(4)7-17(16,18)8-23-11-22-12-13(19)20-10-21-14(12)23/h10-11H,7-9H2,1-6H3,(H2,19,20,21)/t16-,17+/m1/s1. The first-order valence-electron chi connectivity index (χ1n) is 8.63. The maximum atomic E-state index is 15.4. The fourth-order valence-electron chi connectivity index (χ4n) is 2.84. The van der Waals surface area contributed by atoms with Crippen molar-refractivity contribution in [3.8, 4) is 0 Å². The van der Waals surface area contributed by atoms with Crippen molar-refractivity contribution in [1.82, 2.24) is 19.5 Å². The summed E-state index contributed by atoms with van der Waals surface area (Å²) in [6, 6.07) is 0. The van der Waals surface area contributed by atoms with E-state index >= 15 is 4.39 Å². The number of anilines is 1. The molecule has 0 radical (unpaired) electrons. The Morgan fingerprint density at radius 2 is 2.00 bits per heavy atom. The molecule has 0 unspecified atom stereocenters. The third-order valence-corrected chi connectivity index (χ3v) is 10.5. The van der Waals surface area contributed by atoms with Gasteiger partial charge in [-0.05, 0) is 24.6 Å². The topological polar surface area (TPSA) is 78.9 Å². The van der Waals surface area contributed by atoms with Crippen LogP contribution in [0.5, 0.6) is 0 Å². The Kier molecular flexibility index (Phi) is 4.00. The van der Waals surface area contributed by atoms with Gasteiger partial charge < -0.3 is 14.7 Å². The highest BCUT2D eigenvalue weighted by atomic mass is 28.4. The van der Waals surface area contributed by atoms with Crippen molar-refractivity contribution in [1.29, 1.82) is 0 Å². The van der Waals surface area contributed by atoms with Crippen LogP contribution in [0.4, 0.5) is 10.2 Å². The van der Waals surface area contributed by atoms with Crippen LogP contribution in [0.25, 0.3) is 11.2 Å². The minimum absolute atomic E-state index is 0.117. The van der Waals surface area contributed by atoms with Gasteiger partial charge in [0.2, 0.25) is 0 Å². The molecule has 2 N–H and O–H groups in total. The van der Waals surface area contributed by atoms with E-state index in [1.807, 2.05) is 6.92 Å². The molecule has 2 aromatic rings. The predicted octanol–water partition coefficient (Wildman–Crippen LogP) is 3.55. The van der Waals surface area contributed by atoms with Crippen molar-refractivity contribution >= 4 is 25.3 Å². The predicted molar refractivity (Wildman–Crippen MR) is 99.4 cm³/mol. The largest absolute Gasteiger partial charge is 0.416 e. The number of imidazole rings is 1. The van der Waals surface area contributed by atoms with E-state index in [9.17, 15) is 0 Å². The third-order valence-electron chi connectivity index (χ3n) is 6.04. The first-order chi connectivity index (χ1) is 11.4. The lowest BCUT2D eigenvalue weighted by Gasteiger charge is -2.37. The summed E-state index contributed by atoms with van der Waals surface area (Å²) in [5, 5.41) is 0.117. The monoisotopic (exact) mass is 365 g/mol. The molecule has 1 aliphatic rings. The number of hydrogen-bond acceptors (Lipinski definition) is 5. The summed E-state index contributed by atoms with van der Waals surface area (Å²) < 4.78 is 23.4. The molecule has 2 atom stereocenters. The first kappa shape index (κ1) is 18.3. The summed E-state index contributed by atoms with van der Waals surface area (Å²) in [7, 11) is -1.89. The zero-order valence-electron chi connectivity index (χ0n) is 15.9. The van der Waals surface area contributed by atoms with Gasteiger partial charge in [-0.25, -0.2) is 19.3 Å². The number of fused-ring (bicyclic) bond motifs is 1. The van der Waals surface area contributed by atoms with Crippen LogP contribution < -0.4 is 5.73 Å². The average Bonchev–Trinajstić information content (AvgIpc) is 2.82. The molecule has 1 saturated carbocycles. The summed E-state index contributed by atoms with van der Waals surface area (Å²) in [5.74, 6) is 0.316. The maximum Gasteiger partial charge on any atom is 0.192 e. The lowest BCUT2D eigenvalue weighted by Crippen LogP contribution is -2.42. The number of nitrogens with zero attached hydrogens (tertiary/aromatic N) is 4. The highest BCUT2D eigenvalue weighted by Gasteiger charge is 2.66. The van der Waals surface area contributed by atoms with Crippen molar-refractivity contribution in [2.45, 2.75) is 64.5 Å². The molecular formula is C17H28FN5OSi. The molecule has 1 aliphatic carbocycles. The van der Waals surface area contributed by atoms with Gasteiger partial charge in [-0.1, -0.05) is 27.7 Å². The van der Waals surface area contributed by atoms with E-state index in [-0.39, 0.29) is 11.6 Å². The first-order valence-corrected chi connectivity index (χ1v) is 11.5. The molecule has 8 heteroatoms. The molecule has 3 rings (SSSR count). The number of halogens is 1. The van der Waals surface area contributed by atoms with Crippen LogP contribution in [-0.4, -0.2) is 40.1 Å². The van der Waals surface area contributed by atoms with Gasteiger partial charge >= 0.3 is 0 Å². The fraction of sp³-hybridized carbons (Fsp3) is 0.706. The van der Waals surface area contributed by atoms with Crippen molar-refractivity contribution in [2.24, 2.45) is 5.41 Å². The SMILES string of the molecule is CC(C)(C)[Si](C)(C)OC[C@@]1(C)C[C@]1(F)Cn1cnc2c(N)ncnc21. The molecule has 0 spiro atoms. The third kappa shape index (κ3) is 3.06. The molecule has 2 heterocycles. The van der Waals surface area contributed by atoms with Crippen LogP contribution in [-0.2, 0) is 11.0 Å². The smallest absolute Gasteiger partial charge is 0.192 e. The van der Waals surface area contributed by atoms with E-state index in [1.54, 1.807) is 10.9 Å². The Labute approximate surface area is 149 Å². The summed E-state index contributed by atoms with van der Waals surface area (Å²) in [4.78, 5) is 12.3. The second-order valence-corrected chi connectivity index (χ2v) is 13.9. The molecule has 6 nitrogen and oxygen atoms in total. The van der Waals surface area contributed by atoms with Crippen LogP contribution in [0.3, 0.4) is 0 Å². The summed E-state index contributed by atoms with van der Waals surface area (Å²) in [6.45, 7) is 13.6. The minimum atomic E-state index is -1.89. The lowest BCUT2D eigenvalue weighted by atomic mass is 10.1. The highest BCUT2D eigenvalue weighted by molar-refractivity contribution is 6.74. The minimum Gasteiger partial charge on any atom is -0.416 e. The summed E-state index contributed by atoms with van der Waals surface area (Å²) in [6.07, 6.45) is 3.45. The number of nitrogens with two attached hydrogens (primary N) is 1. The van der Waals surface area contributed by atoms with Gasteiger partial charge in [0.1, 0.15) is 17.5 Å². The van der Waals surface area contributed by atoms with Gasteiger partial charge in [0.05, 0.1) is 12.9 Å². The van der Waals surface area contributed by atoms with E-state index < -0.39 is 19.4 Å². The van der Waals surface area contributed by atoms with Gasteiger partial charge in [0.15, 0.2) is 19.8 Å². The molecule has 0 aliphatic heterocycles. The average molecular weight is 366 g/mol. The maximum absolute atomic E-state index is 15.4. The van der Waals surface area contributed by atoms with Gasteiger partial charge in [-0.2, -0.15) is 0 Å². The molecule has 0 aromatic carbocycles. The van der Waals surface area contributed by atoms with Crippen LogP contribution in [0.2, 0.25) is 18.1 Å². The Hall–Kier alpha value is -1.54. The van der Waals surface area contributed by atoms with Crippen LogP contribution in [0.15, 0.2) is 12.7 Å². The summed E-state index contributed by atoms with van der Waals surface area (Å²) >= 11 is 0. The van der Waals surface area contributed by atoms with Crippen molar-refractivity contribution in [3.05, 3.63) is 12.7 Å². The molecule has 25 heavy (non-hydrogen) atoms. The van der Waals surface area contributed by atoms with E-state index in [4.69, 9.17) is 10.2 Å². The normalized spacial score (nSPS) is 27.0. The van der Waals surface area contributed by atoms with Crippen LogP contribution >= 0.6 is 0 Å². The number of aromatic nitrogens is 4. The Balaban J connectivity index is 1.73. The van der Waals surface area contributed by atoms with E-state index in [0.29, 0.717) is 30.0 Å². The van der Waals surface area contributed by atoms with Crippen LogP contribution in [0, 0.1) is 5.41 Å². The zero-order chi connectivity index (χ0) is 18.7. The van der Waals surface area contributed by atoms with Gasteiger partial charge in [-0.15, -0.1) is 0 Å². The van der Waals surface area contributed by atoms with Crippen molar-refractivity contribution in [3.63, 3.8) is 0 Å². The lowest BCUT2D eigenvalue weighted by molar-refractivity contribution is 0.142. The molecule has 0 bridgehead atoms. The molecular weight excluding hydrogens is 337 g/mol. The van der Waals surface area contributed by atoms with Crippen LogP contribution in [0.1, 0.15) is 34.1 Å². The number of nitrogen functional groups attached to an aromatic ring is 1. The Morgan fingerprint density at radius 1 is 1.32 bits per heavy atom. The second-order valence-electron chi connectivity index (χ2n) is 9.06. The summed E-state index contributed by atoms with van der Waals surface area (Å²) in [5.41, 5.74) is 5.10. The highest BCUT2D eigenvalue weighted by Crippen LogP contribution is 2.60. The van der Waals surface area contributed by atoms with Crippen molar-refractivity contribution < 1.29 is 8.82 Å². The fourth-order valence-corrected chi connectivity index (χ4v) is 3.95. The zero-order valence-corrected chi connectivity index (χ0v) is 16.9. The number of hydrogen-bond donors (Lipinski definition) is 1. The Morgan fingerprint density at radius 3 is 2.64 bits per heavy atom. The Bertz CT molecular complexity index is 802. The molecule has 0 saturated heterocycles. The van der Waals surface area contributed by atoms with E-state index in [1.165, 1.54) is 6.33 Å². The number of alkyl halides is 1. The molecule has 1 fully saturated rings. The van der Waals surface area contributed by atoms with Gasteiger partial charge in [0, 0.05) is 12.0 Å². The number of rotatable bonds is 5. The molecule has 2 aromatic heterocycles. The quantitative estimate of drug-likeness (QED) is 0.820.